The summed E-state index contributed by atoms with van der Waals surface area (Å²) in [5.74, 6) is 0. The van der Waals surface area contributed by atoms with Gasteiger partial charge >= 0.3 is 0 Å². The zero-order valence-corrected chi connectivity index (χ0v) is 14.4. The smallest absolute Gasteiger partial charge is 0.0174 e. The molecule has 4 aromatic rings. The van der Waals surface area contributed by atoms with Crippen LogP contribution in [0.15, 0.2) is 84.9 Å². The minimum atomic E-state index is 0.888. The molecule has 0 amide bonds. The highest BCUT2D eigenvalue weighted by atomic mass is 14.8. The lowest BCUT2D eigenvalue weighted by Gasteiger charge is -2.08. The number of hydrogen-bond acceptors (Lipinski definition) is 0. The van der Waals surface area contributed by atoms with Crippen LogP contribution in [0.25, 0.3) is 21.5 Å². The first-order chi connectivity index (χ1) is 12.4. The van der Waals surface area contributed by atoms with E-state index in [2.05, 4.69) is 84.9 Å². The van der Waals surface area contributed by atoms with E-state index in [0.29, 0.717) is 0 Å². The molecule has 4 rings (SSSR count). The molecule has 0 aliphatic rings. The second-order valence-corrected chi connectivity index (χ2v) is 6.45. The molecule has 0 unspecified atom stereocenters. The lowest BCUT2D eigenvalue weighted by molar-refractivity contribution is 0.670. The minimum absolute atomic E-state index is 0.888. The topological polar surface area (TPSA) is 14.1 Å². The first-order valence-electron chi connectivity index (χ1n) is 8.98. The Balaban J connectivity index is 1.35. The van der Waals surface area contributed by atoms with Gasteiger partial charge in [-0.25, -0.2) is 5.32 Å². The van der Waals surface area contributed by atoms with Crippen molar-refractivity contribution in [2.24, 2.45) is 0 Å². The predicted octanol–water partition coefficient (Wildman–Crippen LogP) is 5.38. The number of nitrogens with zero attached hydrogens (tertiary/aromatic N) is 1. The van der Waals surface area contributed by atoms with Gasteiger partial charge in [0.2, 0.25) is 0 Å². The van der Waals surface area contributed by atoms with E-state index in [4.69, 9.17) is 5.32 Å². The average Bonchev–Trinajstić information content (AvgIpc) is 2.68. The molecule has 1 nitrogen and oxygen atoms in total. The fourth-order valence-corrected chi connectivity index (χ4v) is 3.53. The van der Waals surface area contributed by atoms with E-state index in [0.717, 1.165) is 25.9 Å². The highest BCUT2D eigenvalue weighted by Gasteiger charge is 2.02. The molecule has 1 radical (unpaired) electrons. The van der Waals surface area contributed by atoms with E-state index >= 15 is 0 Å². The molecule has 0 saturated heterocycles. The largest absolute Gasteiger partial charge is 0.241 e. The SMILES string of the molecule is c1ccc2c(CC[N]CCc3cccc4ccccc34)cccc2c1. The second kappa shape index (κ2) is 7.50. The van der Waals surface area contributed by atoms with Crippen molar-refractivity contribution in [2.45, 2.75) is 12.8 Å². The van der Waals surface area contributed by atoms with Gasteiger partial charge in [0.1, 0.15) is 0 Å². The quantitative estimate of drug-likeness (QED) is 0.423. The fourth-order valence-electron chi connectivity index (χ4n) is 3.53. The molecule has 0 fully saturated rings. The Kier molecular flexibility index (Phi) is 4.76. The number of fused-ring (bicyclic) bond motifs is 2. The van der Waals surface area contributed by atoms with Crippen molar-refractivity contribution in [1.29, 1.82) is 0 Å². The molecule has 0 aliphatic carbocycles. The Morgan fingerprint density at radius 2 is 0.920 bits per heavy atom. The zero-order chi connectivity index (χ0) is 16.9. The predicted molar refractivity (Wildman–Crippen MR) is 107 cm³/mol. The van der Waals surface area contributed by atoms with E-state index in [1.807, 2.05) is 0 Å². The second-order valence-electron chi connectivity index (χ2n) is 6.45. The van der Waals surface area contributed by atoms with Gasteiger partial charge in [0, 0.05) is 13.1 Å². The lowest BCUT2D eigenvalue weighted by atomic mass is 10.0. The first kappa shape index (κ1) is 15.9. The maximum Gasteiger partial charge on any atom is 0.0174 e. The summed E-state index contributed by atoms with van der Waals surface area (Å²) in [4.78, 5) is 0. The van der Waals surface area contributed by atoms with E-state index in [9.17, 15) is 0 Å². The summed E-state index contributed by atoms with van der Waals surface area (Å²) in [6.45, 7) is 1.78. The summed E-state index contributed by atoms with van der Waals surface area (Å²) >= 11 is 0. The molecule has 25 heavy (non-hydrogen) atoms. The molecule has 0 aliphatic heterocycles. The van der Waals surface area contributed by atoms with Crippen LogP contribution in [0.4, 0.5) is 0 Å². The summed E-state index contributed by atoms with van der Waals surface area (Å²) in [5.41, 5.74) is 2.79. The van der Waals surface area contributed by atoms with E-state index in [1.54, 1.807) is 0 Å². The molecule has 0 saturated carbocycles. The van der Waals surface area contributed by atoms with Crippen molar-refractivity contribution in [1.82, 2.24) is 5.32 Å². The van der Waals surface area contributed by atoms with Crippen LogP contribution in [0.3, 0.4) is 0 Å². The van der Waals surface area contributed by atoms with Crippen LogP contribution >= 0.6 is 0 Å². The zero-order valence-electron chi connectivity index (χ0n) is 14.4. The third kappa shape index (κ3) is 3.57. The van der Waals surface area contributed by atoms with Crippen LogP contribution in [0.5, 0.6) is 0 Å². The third-order valence-electron chi connectivity index (χ3n) is 4.84. The van der Waals surface area contributed by atoms with Gasteiger partial charge < -0.3 is 0 Å². The molecule has 0 N–H and O–H groups in total. The molecule has 1 heteroatoms. The monoisotopic (exact) mass is 324 g/mol. The summed E-state index contributed by atoms with van der Waals surface area (Å²) < 4.78 is 0. The van der Waals surface area contributed by atoms with Gasteiger partial charge in [0.15, 0.2) is 0 Å². The molecule has 0 atom stereocenters. The van der Waals surface area contributed by atoms with Crippen LogP contribution in [0.2, 0.25) is 0 Å². The highest BCUT2D eigenvalue weighted by molar-refractivity contribution is 5.86. The van der Waals surface area contributed by atoms with E-state index in [1.165, 1.54) is 32.7 Å². The summed E-state index contributed by atoms with van der Waals surface area (Å²) in [6.07, 6.45) is 2.02. The number of benzene rings is 4. The van der Waals surface area contributed by atoms with Gasteiger partial charge in [-0.2, -0.15) is 0 Å². The third-order valence-corrected chi connectivity index (χ3v) is 4.84. The Morgan fingerprint density at radius 3 is 1.44 bits per heavy atom. The molecule has 0 aromatic heterocycles. The molecular weight excluding hydrogens is 302 g/mol. The Labute approximate surface area is 149 Å². The van der Waals surface area contributed by atoms with Gasteiger partial charge in [0.25, 0.3) is 0 Å². The number of hydrogen-bond donors (Lipinski definition) is 0. The van der Waals surface area contributed by atoms with Crippen molar-refractivity contribution in [3.05, 3.63) is 96.1 Å². The van der Waals surface area contributed by atoms with Gasteiger partial charge in [0.05, 0.1) is 0 Å². The van der Waals surface area contributed by atoms with Crippen LogP contribution in [0.1, 0.15) is 11.1 Å². The van der Waals surface area contributed by atoms with E-state index < -0.39 is 0 Å². The summed E-state index contributed by atoms with van der Waals surface area (Å²) in [7, 11) is 0. The molecule has 0 heterocycles. The fraction of sp³-hybridized carbons (Fsp3) is 0.167. The van der Waals surface area contributed by atoms with Crippen molar-refractivity contribution < 1.29 is 0 Å². The van der Waals surface area contributed by atoms with Gasteiger partial charge in [-0.05, 0) is 45.5 Å². The highest BCUT2D eigenvalue weighted by Crippen LogP contribution is 2.20. The van der Waals surface area contributed by atoms with Crippen molar-refractivity contribution in [3.63, 3.8) is 0 Å². The average molecular weight is 324 g/mol. The van der Waals surface area contributed by atoms with Crippen LogP contribution in [0, 0.1) is 0 Å². The van der Waals surface area contributed by atoms with Gasteiger partial charge in [-0.3, -0.25) is 0 Å². The Morgan fingerprint density at radius 1 is 0.480 bits per heavy atom. The minimum Gasteiger partial charge on any atom is -0.241 e. The lowest BCUT2D eigenvalue weighted by Crippen LogP contribution is -2.13. The molecular formula is C24H22N. The first-order valence-corrected chi connectivity index (χ1v) is 8.98. The summed E-state index contributed by atoms with van der Waals surface area (Å²) in [5, 5.41) is 10.1. The van der Waals surface area contributed by atoms with Crippen molar-refractivity contribution in [2.75, 3.05) is 13.1 Å². The molecule has 123 valence electrons. The van der Waals surface area contributed by atoms with Crippen LogP contribution in [-0.4, -0.2) is 13.1 Å². The Bertz CT molecular complexity index is 895. The van der Waals surface area contributed by atoms with Gasteiger partial charge in [-0.1, -0.05) is 84.9 Å². The Hall–Kier alpha value is -2.64. The van der Waals surface area contributed by atoms with E-state index in [-0.39, 0.29) is 0 Å². The van der Waals surface area contributed by atoms with Crippen LogP contribution in [-0.2, 0) is 12.8 Å². The van der Waals surface area contributed by atoms with Crippen molar-refractivity contribution in [3.8, 4) is 0 Å². The number of rotatable bonds is 6. The maximum atomic E-state index is 4.78. The molecule has 0 spiro atoms. The van der Waals surface area contributed by atoms with Gasteiger partial charge in [-0.15, -0.1) is 0 Å². The van der Waals surface area contributed by atoms with Crippen molar-refractivity contribution >= 4 is 21.5 Å². The molecule has 4 aromatic carbocycles. The maximum absolute atomic E-state index is 4.78. The van der Waals surface area contributed by atoms with Crippen LogP contribution < -0.4 is 5.32 Å². The normalized spacial score (nSPS) is 11.2. The summed E-state index contributed by atoms with van der Waals surface area (Å²) in [6, 6.07) is 30.3. The molecule has 0 bridgehead atoms. The standard InChI is InChI=1S/C24H22N/c1-3-13-23-19(7-1)9-5-11-21(23)15-17-25-18-16-22-12-6-10-20-8-2-4-14-24(20)22/h1-14H,15-18H2.